The monoisotopic (exact) mass is 546 g/mol. The Morgan fingerprint density at radius 3 is 2.35 bits per heavy atom. The number of amides is 1. The maximum atomic E-state index is 13.3. The van der Waals surface area contributed by atoms with Crippen molar-refractivity contribution < 1.29 is 37.6 Å². The van der Waals surface area contributed by atoms with Crippen LogP contribution < -0.4 is 10.1 Å². The van der Waals surface area contributed by atoms with Crippen molar-refractivity contribution in [2.75, 3.05) is 11.6 Å². The minimum Gasteiger partial charge on any atom is -0.435 e. The zero-order chi connectivity index (χ0) is 25.6. The maximum Gasteiger partial charge on any atom is 0.327 e. The summed E-state index contributed by atoms with van der Waals surface area (Å²) in [6.07, 6.45) is 1.10. The largest absolute Gasteiger partial charge is 0.435 e. The maximum absolute atomic E-state index is 13.3. The first-order valence-corrected chi connectivity index (χ1v) is 13.0. The average Bonchev–Trinajstić information content (AvgIpc) is 2.68. The number of ether oxygens (including phenoxy) is 1. The van der Waals surface area contributed by atoms with Crippen molar-refractivity contribution in [1.29, 1.82) is 4.78 Å². The van der Waals surface area contributed by atoms with E-state index in [0.29, 0.717) is 0 Å². The Morgan fingerprint density at radius 1 is 1.09 bits per heavy atom. The number of carbonyl (C=O) groups is 1. The second kappa shape index (κ2) is 7.74. The van der Waals surface area contributed by atoms with Gasteiger partial charge in [-0.05, 0) is 42.5 Å². The summed E-state index contributed by atoms with van der Waals surface area (Å²) in [5.74, 6) is -3.45. The van der Waals surface area contributed by atoms with Crippen LogP contribution in [-0.4, -0.2) is 26.6 Å². The molecule has 1 aromatic heterocycles. The van der Waals surface area contributed by atoms with E-state index in [2.05, 4.69) is 15.5 Å². The standard InChI is InChI=1S/C18H13ClF6N4O3S2/c1-33(26,31)12-4-2-3-11(8-12)27-17(30)13-9-16(34(21,22,23,24)25)28-29-18(13)32-15-6-5-10(20)7-14(15)19/h2-9,26H,1H3,(H,27,30). The van der Waals surface area contributed by atoms with Crippen molar-refractivity contribution in [3.05, 3.63) is 64.9 Å². The summed E-state index contributed by atoms with van der Waals surface area (Å²) >= 11 is 5.80. The van der Waals surface area contributed by atoms with Gasteiger partial charge in [-0.25, -0.2) is 13.4 Å². The van der Waals surface area contributed by atoms with Crippen molar-refractivity contribution in [2.45, 2.75) is 9.92 Å². The number of benzene rings is 2. The first-order valence-electron chi connectivity index (χ1n) is 8.73. The lowest BCUT2D eigenvalue weighted by molar-refractivity contribution is 0.102. The summed E-state index contributed by atoms with van der Waals surface area (Å²) in [6, 6.07) is 7.39. The van der Waals surface area contributed by atoms with Crippen LogP contribution in [-0.2, 0) is 9.73 Å². The van der Waals surface area contributed by atoms with Gasteiger partial charge in [0.15, 0.2) is 0 Å². The molecule has 0 saturated carbocycles. The summed E-state index contributed by atoms with van der Waals surface area (Å²) in [5, 5.41) is 4.54. The molecule has 1 atom stereocenters. The summed E-state index contributed by atoms with van der Waals surface area (Å²) in [7, 11) is -13.6. The van der Waals surface area contributed by atoms with Gasteiger partial charge in [0.05, 0.1) is 14.8 Å². The quantitative estimate of drug-likeness (QED) is 0.324. The SMILES string of the molecule is CS(=N)(=O)c1cccc(NC(=O)c2cc(S(F)(F)(F)(F)F)nnc2Oc2ccc(F)cc2Cl)c1. The van der Waals surface area contributed by atoms with Gasteiger partial charge in [-0.2, -0.15) is 0 Å². The number of nitrogens with one attached hydrogen (secondary N) is 2. The lowest BCUT2D eigenvalue weighted by atomic mass is 10.2. The number of hydrogen-bond acceptors (Lipinski definition) is 6. The molecule has 0 saturated heterocycles. The summed E-state index contributed by atoms with van der Waals surface area (Å²) in [5.41, 5.74) is -1.21. The molecule has 34 heavy (non-hydrogen) atoms. The Kier molecular flexibility index (Phi) is 5.83. The molecule has 0 aliphatic carbocycles. The van der Waals surface area contributed by atoms with Gasteiger partial charge in [-0.1, -0.05) is 37.1 Å². The predicted molar refractivity (Wildman–Crippen MR) is 114 cm³/mol. The smallest absolute Gasteiger partial charge is 0.327 e. The highest BCUT2D eigenvalue weighted by Gasteiger charge is 2.67. The van der Waals surface area contributed by atoms with Crippen LogP contribution >= 0.6 is 21.8 Å². The van der Waals surface area contributed by atoms with Crippen LogP contribution in [0.25, 0.3) is 0 Å². The average molecular weight is 547 g/mol. The molecular weight excluding hydrogens is 534 g/mol. The first kappa shape index (κ1) is 25.6. The molecular formula is C18H13ClF6N4O3S2. The molecule has 184 valence electrons. The predicted octanol–water partition coefficient (Wildman–Crippen LogP) is 7.01. The van der Waals surface area contributed by atoms with Gasteiger partial charge in [0.1, 0.15) is 17.1 Å². The van der Waals surface area contributed by atoms with Gasteiger partial charge in [-0.3, -0.25) is 4.79 Å². The van der Waals surface area contributed by atoms with Crippen LogP contribution in [0.2, 0.25) is 5.02 Å². The number of nitrogens with zero attached hydrogens (tertiary/aromatic N) is 2. The summed E-state index contributed by atoms with van der Waals surface area (Å²) in [6.45, 7) is 0. The molecule has 0 bridgehead atoms. The number of halogens is 7. The highest BCUT2D eigenvalue weighted by atomic mass is 35.5. The Labute approximate surface area is 193 Å². The number of aromatic nitrogens is 2. The minimum absolute atomic E-state index is 0.0135. The van der Waals surface area contributed by atoms with Crippen LogP contribution in [0.3, 0.4) is 0 Å². The molecule has 7 nitrogen and oxygen atoms in total. The van der Waals surface area contributed by atoms with E-state index in [0.717, 1.165) is 30.5 Å². The van der Waals surface area contributed by atoms with Crippen molar-refractivity contribution in [1.82, 2.24) is 10.2 Å². The first-order chi connectivity index (χ1) is 15.3. The molecule has 3 rings (SSSR count). The molecule has 2 aromatic carbocycles. The molecule has 0 radical (unpaired) electrons. The lowest BCUT2D eigenvalue weighted by Gasteiger charge is -2.38. The van der Waals surface area contributed by atoms with Crippen molar-refractivity contribution in [3.8, 4) is 11.6 Å². The van der Waals surface area contributed by atoms with Crippen LogP contribution in [0.4, 0.5) is 29.5 Å². The Balaban J connectivity index is 2.09. The summed E-state index contributed by atoms with van der Waals surface area (Å²) in [4.78, 5) is 12.7. The molecule has 0 spiro atoms. The van der Waals surface area contributed by atoms with E-state index in [1.807, 2.05) is 0 Å². The molecule has 0 aliphatic rings. The van der Waals surface area contributed by atoms with Gasteiger partial charge < -0.3 is 10.1 Å². The van der Waals surface area contributed by atoms with Crippen LogP contribution in [0, 0.1) is 10.6 Å². The van der Waals surface area contributed by atoms with Gasteiger partial charge in [0.25, 0.3) is 11.8 Å². The Bertz CT molecular complexity index is 1420. The van der Waals surface area contributed by atoms with Gasteiger partial charge in [-0.15, -0.1) is 10.2 Å². The molecule has 0 fully saturated rings. The van der Waals surface area contributed by atoms with Crippen molar-refractivity contribution in [3.63, 3.8) is 0 Å². The fourth-order valence-electron chi connectivity index (χ4n) is 2.47. The molecule has 3 aromatic rings. The highest BCUT2D eigenvalue weighted by molar-refractivity contribution is 8.45. The molecule has 1 unspecified atom stereocenters. The third kappa shape index (κ3) is 6.09. The van der Waals surface area contributed by atoms with Crippen LogP contribution in [0.1, 0.15) is 10.4 Å². The summed E-state index contributed by atoms with van der Waals surface area (Å²) < 4.78 is 104. The van der Waals surface area contributed by atoms with E-state index in [4.69, 9.17) is 21.1 Å². The van der Waals surface area contributed by atoms with Gasteiger partial charge in [0, 0.05) is 16.8 Å². The highest BCUT2D eigenvalue weighted by Crippen LogP contribution is 3.01. The lowest BCUT2D eigenvalue weighted by Crippen LogP contribution is -2.17. The fraction of sp³-hybridized carbons (Fsp3) is 0.0556. The normalized spacial score (nSPS) is 15.5. The molecule has 0 aliphatic heterocycles. The molecule has 16 heteroatoms. The molecule has 2 N–H and O–H groups in total. The Morgan fingerprint density at radius 2 is 1.76 bits per heavy atom. The van der Waals surface area contributed by atoms with E-state index in [1.165, 1.54) is 18.2 Å². The molecule has 1 heterocycles. The minimum atomic E-state index is -10.3. The molecule has 1 amide bonds. The fourth-order valence-corrected chi connectivity index (χ4v) is 3.90. The number of carbonyl (C=O) groups excluding carboxylic acids is 1. The van der Waals surface area contributed by atoms with Crippen LogP contribution in [0.5, 0.6) is 11.6 Å². The van der Waals surface area contributed by atoms with E-state index >= 15 is 0 Å². The zero-order valence-electron chi connectivity index (χ0n) is 16.7. The van der Waals surface area contributed by atoms with Crippen molar-refractivity contribution in [2.24, 2.45) is 0 Å². The van der Waals surface area contributed by atoms with E-state index in [1.54, 1.807) is 0 Å². The number of anilines is 1. The van der Waals surface area contributed by atoms with E-state index in [-0.39, 0.29) is 27.4 Å². The third-order valence-electron chi connectivity index (χ3n) is 4.02. The van der Waals surface area contributed by atoms with E-state index < -0.39 is 48.1 Å². The second-order valence-corrected chi connectivity index (χ2v) is 11.8. The number of hydrogen-bond donors (Lipinski definition) is 2. The number of rotatable bonds is 6. The van der Waals surface area contributed by atoms with Crippen LogP contribution in [0.15, 0.2) is 58.5 Å². The zero-order valence-corrected chi connectivity index (χ0v) is 19.1. The third-order valence-corrected chi connectivity index (χ3v) is 6.46. The Hall–Kier alpha value is -3.04. The van der Waals surface area contributed by atoms with Gasteiger partial charge >= 0.3 is 10.2 Å². The van der Waals surface area contributed by atoms with Crippen molar-refractivity contribution >= 4 is 43.1 Å². The topological polar surface area (TPSA) is 105 Å². The van der Waals surface area contributed by atoms with Gasteiger partial charge in [0.2, 0.25) is 5.03 Å². The second-order valence-electron chi connectivity index (χ2n) is 6.87. The van der Waals surface area contributed by atoms with E-state index in [9.17, 15) is 32.8 Å².